The van der Waals surface area contributed by atoms with E-state index in [1.807, 2.05) is 42.5 Å². The number of rotatable bonds is 7. The predicted octanol–water partition coefficient (Wildman–Crippen LogP) is 3.31. The second-order valence-corrected chi connectivity index (χ2v) is 12.1. The molecule has 0 aliphatic carbocycles. The summed E-state index contributed by atoms with van der Waals surface area (Å²) in [6.07, 6.45) is 2.56. The van der Waals surface area contributed by atoms with Crippen LogP contribution < -0.4 is 15.8 Å². The van der Waals surface area contributed by atoms with Crippen molar-refractivity contribution in [2.75, 3.05) is 24.2 Å². The van der Waals surface area contributed by atoms with Crippen molar-refractivity contribution in [3.8, 4) is 5.75 Å². The van der Waals surface area contributed by atoms with Gasteiger partial charge in [0, 0.05) is 24.0 Å². The Morgan fingerprint density at radius 1 is 1.05 bits per heavy atom. The molecule has 3 N–H and O–H groups in total. The molecule has 6 rings (SSSR count). The van der Waals surface area contributed by atoms with Gasteiger partial charge in [0.15, 0.2) is 6.61 Å². The van der Waals surface area contributed by atoms with Gasteiger partial charge < -0.3 is 25.6 Å². The van der Waals surface area contributed by atoms with Crippen LogP contribution in [0.4, 0.5) is 5.69 Å². The highest BCUT2D eigenvalue weighted by Crippen LogP contribution is 2.48. The van der Waals surface area contributed by atoms with Crippen LogP contribution in [0.3, 0.4) is 0 Å². The zero-order valence-corrected chi connectivity index (χ0v) is 23.4. The zero-order valence-electron chi connectivity index (χ0n) is 22.6. The number of anilines is 1. The molecule has 3 heterocycles. The summed E-state index contributed by atoms with van der Waals surface area (Å²) in [7, 11) is 0. The molecule has 0 saturated carbocycles. The Hall–Kier alpha value is -4.05. The summed E-state index contributed by atoms with van der Waals surface area (Å²) in [4.78, 5) is 55.1. The van der Waals surface area contributed by atoms with Crippen LogP contribution in [0.15, 0.2) is 66.7 Å². The summed E-state index contributed by atoms with van der Waals surface area (Å²) < 4.78 is 5.78. The third-order valence-electron chi connectivity index (χ3n) is 8.31. The van der Waals surface area contributed by atoms with Crippen LogP contribution in [-0.2, 0) is 25.6 Å². The molecule has 212 valence electrons. The first-order valence-electron chi connectivity index (χ1n) is 13.9. The van der Waals surface area contributed by atoms with Crippen molar-refractivity contribution in [3.05, 3.63) is 72.3 Å². The number of fused-ring (bicyclic) bond motifs is 2. The van der Waals surface area contributed by atoms with Crippen molar-refractivity contribution in [2.45, 2.75) is 49.1 Å². The highest BCUT2D eigenvalue weighted by atomic mass is 32.2. The average Bonchev–Trinajstić information content (AvgIpc) is 3.53. The monoisotopic (exact) mass is 572 g/mol. The van der Waals surface area contributed by atoms with Gasteiger partial charge in [-0.25, -0.2) is 0 Å². The third-order valence-corrected chi connectivity index (χ3v) is 9.56. The molecule has 3 fully saturated rings. The molecule has 9 nitrogen and oxygen atoms in total. The van der Waals surface area contributed by atoms with Gasteiger partial charge in [0.1, 0.15) is 17.3 Å². The van der Waals surface area contributed by atoms with Gasteiger partial charge in [0.25, 0.3) is 5.91 Å². The lowest BCUT2D eigenvalue weighted by Gasteiger charge is -2.36. The minimum Gasteiger partial charge on any atom is -0.483 e. The van der Waals surface area contributed by atoms with Gasteiger partial charge in [-0.05, 0) is 54.2 Å². The Balaban J connectivity index is 1.07. The molecular formula is C31H32N4O5S. The van der Waals surface area contributed by atoms with E-state index in [4.69, 9.17) is 10.5 Å². The number of nitrogens with two attached hydrogens (primary N) is 1. The van der Waals surface area contributed by atoms with E-state index in [9.17, 15) is 19.2 Å². The summed E-state index contributed by atoms with van der Waals surface area (Å²) in [5.74, 6) is 0.384. The maximum absolute atomic E-state index is 13.7. The molecule has 3 aliphatic heterocycles. The molecule has 3 saturated heterocycles. The minimum absolute atomic E-state index is 0.114. The molecular weight excluding hydrogens is 540 g/mol. The third kappa shape index (κ3) is 5.12. The van der Waals surface area contributed by atoms with E-state index in [1.165, 1.54) is 0 Å². The fraction of sp³-hybridized carbons (Fsp3) is 0.355. The van der Waals surface area contributed by atoms with Crippen LogP contribution in [0, 0.1) is 0 Å². The van der Waals surface area contributed by atoms with E-state index in [0.717, 1.165) is 28.5 Å². The molecule has 0 radical (unpaired) electrons. The number of ether oxygens (including phenoxy) is 1. The van der Waals surface area contributed by atoms with E-state index in [0.29, 0.717) is 37.2 Å². The molecule has 3 aromatic rings. The smallest absolute Gasteiger partial charge is 0.262 e. The Morgan fingerprint density at radius 2 is 1.83 bits per heavy atom. The minimum atomic E-state index is -0.898. The maximum Gasteiger partial charge on any atom is 0.262 e. The Morgan fingerprint density at radius 3 is 2.63 bits per heavy atom. The largest absolute Gasteiger partial charge is 0.483 e. The fourth-order valence-electron chi connectivity index (χ4n) is 6.38. The number of hydrogen-bond acceptors (Lipinski definition) is 6. The molecule has 10 heteroatoms. The van der Waals surface area contributed by atoms with E-state index in [1.54, 1.807) is 45.8 Å². The molecule has 0 bridgehead atoms. The van der Waals surface area contributed by atoms with Crippen molar-refractivity contribution >= 4 is 51.9 Å². The van der Waals surface area contributed by atoms with Crippen molar-refractivity contribution in [1.82, 2.24) is 9.80 Å². The van der Waals surface area contributed by atoms with Gasteiger partial charge >= 0.3 is 0 Å². The van der Waals surface area contributed by atoms with Crippen LogP contribution >= 0.6 is 11.8 Å². The lowest BCUT2D eigenvalue weighted by Crippen LogP contribution is -2.57. The summed E-state index contributed by atoms with van der Waals surface area (Å²) in [5.41, 5.74) is 6.11. The molecule has 0 unspecified atom stereocenters. The van der Waals surface area contributed by atoms with Gasteiger partial charge in [-0.1, -0.05) is 48.5 Å². The van der Waals surface area contributed by atoms with Crippen molar-refractivity contribution in [3.63, 3.8) is 0 Å². The van der Waals surface area contributed by atoms with E-state index >= 15 is 0 Å². The Kier molecular flexibility index (Phi) is 7.33. The van der Waals surface area contributed by atoms with Crippen LogP contribution in [-0.4, -0.2) is 69.3 Å². The van der Waals surface area contributed by atoms with Crippen molar-refractivity contribution in [1.29, 1.82) is 0 Å². The number of amides is 4. The SMILES string of the molecule is NC(=O)[C@H]1CCS[C@@H]2C[C@]3(CCCN3C(=O)Cc3ccc(NC(=O)COc4cccc5ccccc45)cc3)C(=O)N12. The summed E-state index contributed by atoms with van der Waals surface area (Å²) in [6.45, 7) is 0.383. The Labute approximate surface area is 242 Å². The normalized spacial score (nSPS) is 23.6. The topological polar surface area (TPSA) is 122 Å². The fourth-order valence-corrected chi connectivity index (χ4v) is 7.80. The highest BCUT2D eigenvalue weighted by molar-refractivity contribution is 7.99. The van der Waals surface area contributed by atoms with Gasteiger partial charge in [-0.15, -0.1) is 11.8 Å². The first-order valence-corrected chi connectivity index (χ1v) is 14.9. The standard InChI is InChI=1S/C31H32N4O5S/c32-29(38)24-13-16-41-28-18-31(30(39)35(24)28)14-4-15-34(31)27(37)17-20-9-11-22(12-10-20)33-26(36)19-40-25-8-3-6-21-5-1-2-7-23(21)25/h1-3,5-12,24,28H,4,13-19H2,(H2,32,38)(H,33,36)/t24-,28-,31-/m1/s1. The molecule has 3 aliphatic rings. The van der Waals surface area contributed by atoms with E-state index in [-0.39, 0.29) is 36.1 Å². The summed E-state index contributed by atoms with van der Waals surface area (Å²) in [5, 5.41) is 4.69. The van der Waals surface area contributed by atoms with Gasteiger partial charge in [0.05, 0.1) is 11.8 Å². The lowest BCUT2D eigenvalue weighted by molar-refractivity contribution is -0.148. The molecule has 3 aromatic carbocycles. The van der Waals surface area contributed by atoms with E-state index in [2.05, 4.69) is 5.32 Å². The Bertz CT molecular complexity index is 1510. The molecule has 41 heavy (non-hydrogen) atoms. The number of nitrogens with zero attached hydrogens (tertiary/aromatic N) is 2. The van der Waals surface area contributed by atoms with Gasteiger partial charge in [0.2, 0.25) is 17.7 Å². The summed E-state index contributed by atoms with van der Waals surface area (Å²) >= 11 is 1.66. The number of hydrogen-bond donors (Lipinski definition) is 2. The molecule has 3 atom stereocenters. The van der Waals surface area contributed by atoms with Crippen molar-refractivity contribution in [2.24, 2.45) is 5.73 Å². The number of nitrogens with one attached hydrogen (secondary N) is 1. The second kappa shape index (κ2) is 11.1. The number of carbonyl (C=O) groups excluding carboxylic acids is 4. The van der Waals surface area contributed by atoms with Gasteiger partial charge in [-0.2, -0.15) is 0 Å². The average molecular weight is 573 g/mol. The highest BCUT2D eigenvalue weighted by Gasteiger charge is 2.61. The first-order chi connectivity index (χ1) is 19.9. The summed E-state index contributed by atoms with van der Waals surface area (Å²) in [6, 6.07) is 20.1. The van der Waals surface area contributed by atoms with Crippen LogP contribution in [0.2, 0.25) is 0 Å². The number of carbonyl (C=O) groups is 4. The lowest BCUT2D eigenvalue weighted by atomic mass is 9.93. The number of thioether (sulfide) groups is 1. The van der Waals surface area contributed by atoms with E-state index < -0.39 is 17.5 Å². The van der Waals surface area contributed by atoms with Crippen molar-refractivity contribution < 1.29 is 23.9 Å². The quantitative estimate of drug-likeness (QED) is 0.448. The number of benzene rings is 3. The molecule has 1 spiro atoms. The van der Waals surface area contributed by atoms with Crippen LogP contribution in [0.25, 0.3) is 10.8 Å². The van der Waals surface area contributed by atoms with Gasteiger partial charge in [-0.3, -0.25) is 19.2 Å². The maximum atomic E-state index is 13.7. The second-order valence-electron chi connectivity index (χ2n) is 10.8. The van der Waals surface area contributed by atoms with Crippen LogP contribution in [0.1, 0.15) is 31.2 Å². The molecule has 0 aromatic heterocycles. The first kappa shape index (κ1) is 27.1. The number of likely N-dealkylation sites (tertiary alicyclic amines) is 1. The molecule has 4 amide bonds. The number of primary amides is 1. The predicted molar refractivity (Wildman–Crippen MR) is 157 cm³/mol. The van der Waals surface area contributed by atoms with Crippen LogP contribution in [0.5, 0.6) is 5.75 Å². The zero-order chi connectivity index (χ0) is 28.6.